The number of halogens is 3. The Morgan fingerprint density at radius 3 is 2.29 bits per heavy atom. The molecule has 6 nitrogen and oxygen atoms in total. The summed E-state index contributed by atoms with van der Waals surface area (Å²) in [6.07, 6.45) is -1.13. The molecule has 21 heavy (non-hydrogen) atoms. The van der Waals surface area contributed by atoms with E-state index in [0.29, 0.717) is 12.3 Å². The third-order valence-electron chi connectivity index (χ3n) is 3.56. The zero-order chi connectivity index (χ0) is 16.0. The summed E-state index contributed by atoms with van der Waals surface area (Å²) in [4.78, 5) is 21.9. The summed E-state index contributed by atoms with van der Waals surface area (Å²) >= 11 is 0. The SMILES string of the molecule is N[C@H](CC1CCCCC1)C(O)C(=O)NNC(=O)C(F)(F)F. The van der Waals surface area contributed by atoms with Gasteiger partial charge in [0.05, 0.1) is 0 Å². The van der Waals surface area contributed by atoms with Crippen LogP contribution in [0.25, 0.3) is 0 Å². The average Bonchev–Trinajstić information content (AvgIpc) is 2.43. The molecule has 9 heteroatoms. The summed E-state index contributed by atoms with van der Waals surface area (Å²) in [6, 6.07) is -0.879. The Morgan fingerprint density at radius 2 is 1.76 bits per heavy atom. The fourth-order valence-corrected chi connectivity index (χ4v) is 2.39. The monoisotopic (exact) mass is 311 g/mol. The van der Waals surface area contributed by atoms with Crippen LogP contribution in [0.2, 0.25) is 0 Å². The zero-order valence-electron chi connectivity index (χ0n) is 11.4. The van der Waals surface area contributed by atoms with Gasteiger partial charge in [0, 0.05) is 6.04 Å². The van der Waals surface area contributed by atoms with E-state index in [1.165, 1.54) is 10.9 Å². The van der Waals surface area contributed by atoms with E-state index >= 15 is 0 Å². The lowest BCUT2D eigenvalue weighted by Gasteiger charge is -2.26. The summed E-state index contributed by atoms with van der Waals surface area (Å²) in [5.41, 5.74) is 8.40. The fourth-order valence-electron chi connectivity index (χ4n) is 2.39. The average molecular weight is 311 g/mol. The molecule has 0 aromatic heterocycles. The molecule has 1 aliphatic carbocycles. The van der Waals surface area contributed by atoms with E-state index in [0.717, 1.165) is 32.1 Å². The van der Waals surface area contributed by atoms with Gasteiger partial charge in [-0.1, -0.05) is 32.1 Å². The van der Waals surface area contributed by atoms with Gasteiger partial charge in [0.25, 0.3) is 5.91 Å². The van der Waals surface area contributed by atoms with Gasteiger partial charge in [0.1, 0.15) is 6.10 Å². The summed E-state index contributed by atoms with van der Waals surface area (Å²) in [7, 11) is 0. The summed E-state index contributed by atoms with van der Waals surface area (Å²) in [6.45, 7) is 0. The molecule has 0 saturated heterocycles. The number of nitrogens with one attached hydrogen (secondary N) is 2. The molecule has 5 N–H and O–H groups in total. The highest BCUT2D eigenvalue weighted by atomic mass is 19.4. The maximum Gasteiger partial charge on any atom is 0.472 e. The Balaban J connectivity index is 2.36. The molecular weight excluding hydrogens is 291 g/mol. The van der Waals surface area contributed by atoms with Crippen molar-refractivity contribution in [1.82, 2.24) is 10.9 Å². The minimum atomic E-state index is -5.11. The number of hydrazine groups is 1. The van der Waals surface area contributed by atoms with Crippen LogP contribution < -0.4 is 16.6 Å². The van der Waals surface area contributed by atoms with E-state index in [1.807, 2.05) is 0 Å². The molecule has 2 amide bonds. The van der Waals surface area contributed by atoms with Gasteiger partial charge in [0.2, 0.25) is 0 Å². The maximum atomic E-state index is 11.9. The molecule has 1 rings (SSSR count). The van der Waals surface area contributed by atoms with Crippen molar-refractivity contribution < 1.29 is 27.9 Å². The second kappa shape index (κ2) is 7.60. The van der Waals surface area contributed by atoms with Gasteiger partial charge in [-0.05, 0) is 12.3 Å². The zero-order valence-corrected chi connectivity index (χ0v) is 11.4. The van der Waals surface area contributed by atoms with Crippen molar-refractivity contribution in [2.24, 2.45) is 11.7 Å². The second-order valence-corrected chi connectivity index (χ2v) is 5.29. The maximum absolute atomic E-state index is 11.9. The molecule has 0 aromatic carbocycles. The van der Waals surface area contributed by atoms with E-state index in [2.05, 4.69) is 0 Å². The van der Waals surface area contributed by atoms with Crippen LogP contribution in [0.3, 0.4) is 0 Å². The topological polar surface area (TPSA) is 104 Å². The van der Waals surface area contributed by atoms with Crippen LogP contribution in [-0.2, 0) is 9.59 Å². The number of carbonyl (C=O) groups is 2. The smallest absolute Gasteiger partial charge is 0.382 e. The number of hydrogen-bond acceptors (Lipinski definition) is 4. The third kappa shape index (κ3) is 5.88. The van der Waals surface area contributed by atoms with E-state index in [4.69, 9.17) is 5.73 Å². The molecule has 0 radical (unpaired) electrons. The first-order chi connectivity index (χ1) is 9.71. The highest BCUT2D eigenvalue weighted by Crippen LogP contribution is 2.27. The summed E-state index contributed by atoms with van der Waals surface area (Å²) in [5.74, 6) is -3.17. The van der Waals surface area contributed by atoms with Gasteiger partial charge in [-0.3, -0.25) is 20.4 Å². The predicted octanol–water partition coefficient (Wildman–Crippen LogP) is 0.355. The largest absolute Gasteiger partial charge is 0.472 e. The van der Waals surface area contributed by atoms with Gasteiger partial charge < -0.3 is 10.8 Å². The molecule has 1 fully saturated rings. The Hall–Kier alpha value is -1.35. The van der Waals surface area contributed by atoms with Crippen molar-refractivity contribution in [3.05, 3.63) is 0 Å². The molecule has 1 aliphatic rings. The number of alkyl halides is 3. The van der Waals surface area contributed by atoms with E-state index in [-0.39, 0.29) is 0 Å². The lowest BCUT2D eigenvalue weighted by atomic mass is 9.84. The van der Waals surface area contributed by atoms with Crippen LogP contribution in [0.5, 0.6) is 0 Å². The minimum absolute atomic E-state index is 0.306. The van der Waals surface area contributed by atoms with Gasteiger partial charge in [-0.15, -0.1) is 0 Å². The number of aliphatic hydroxyl groups is 1. The van der Waals surface area contributed by atoms with Gasteiger partial charge in [-0.2, -0.15) is 13.2 Å². The number of aliphatic hydroxyl groups excluding tert-OH is 1. The van der Waals surface area contributed by atoms with E-state index in [1.54, 1.807) is 0 Å². The van der Waals surface area contributed by atoms with Crippen LogP contribution in [0.1, 0.15) is 38.5 Å². The first kappa shape index (κ1) is 17.7. The number of rotatable bonds is 4. The predicted molar refractivity (Wildman–Crippen MR) is 67.5 cm³/mol. The Labute approximate surface area is 120 Å². The molecule has 1 unspecified atom stereocenters. The van der Waals surface area contributed by atoms with E-state index in [9.17, 15) is 27.9 Å². The standard InChI is InChI=1S/C12H20F3N3O3/c13-12(14,15)11(21)18-17-10(20)9(19)8(16)6-7-4-2-1-3-5-7/h7-9,19H,1-6,16H2,(H,17,20)(H,18,21)/t8-,9?/m1/s1. The Morgan fingerprint density at radius 1 is 1.19 bits per heavy atom. The van der Waals surface area contributed by atoms with Gasteiger partial charge in [0.15, 0.2) is 0 Å². The fraction of sp³-hybridized carbons (Fsp3) is 0.833. The van der Waals surface area contributed by atoms with Crippen molar-refractivity contribution in [3.8, 4) is 0 Å². The third-order valence-corrected chi connectivity index (χ3v) is 3.56. The normalized spacial score (nSPS) is 19.7. The lowest BCUT2D eigenvalue weighted by Crippen LogP contribution is -2.54. The molecule has 0 heterocycles. The molecular formula is C12H20F3N3O3. The number of carbonyl (C=O) groups excluding carboxylic acids is 2. The minimum Gasteiger partial charge on any atom is -0.382 e. The highest BCUT2D eigenvalue weighted by Gasteiger charge is 2.39. The molecule has 122 valence electrons. The first-order valence-corrected chi connectivity index (χ1v) is 6.82. The van der Waals surface area contributed by atoms with Crippen molar-refractivity contribution in [1.29, 1.82) is 0 Å². The molecule has 0 aliphatic heterocycles. The lowest BCUT2D eigenvalue weighted by molar-refractivity contribution is -0.175. The summed E-state index contributed by atoms with van der Waals surface area (Å²) < 4.78 is 35.8. The quantitative estimate of drug-likeness (QED) is 0.562. The number of nitrogens with two attached hydrogens (primary N) is 1. The highest BCUT2D eigenvalue weighted by molar-refractivity contribution is 5.87. The van der Waals surface area contributed by atoms with Gasteiger partial charge in [-0.25, -0.2) is 0 Å². The van der Waals surface area contributed by atoms with Crippen LogP contribution in [0, 0.1) is 5.92 Å². The van der Waals surface area contributed by atoms with Crippen molar-refractivity contribution in [3.63, 3.8) is 0 Å². The Bertz CT molecular complexity index is 370. The first-order valence-electron chi connectivity index (χ1n) is 6.82. The van der Waals surface area contributed by atoms with E-state index < -0.39 is 30.1 Å². The molecule has 1 saturated carbocycles. The van der Waals surface area contributed by atoms with Crippen molar-refractivity contribution in [2.75, 3.05) is 0 Å². The van der Waals surface area contributed by atoms with Crippen LogP contribution in [0.4, 0.5) is 13.2 Å². The number of amides is 2. The van der Waals surface area contributed by atoms with Crippen LogP contribution in [-0.4, -0.2) is 35.2 Å². The molecule has 2 atom stereocenters. The van der Waals surface area contributed by atoms with Crippen molar-refractivity contribution in [2.45, 2.75) is 56.8 Å². The molecule has 0 bridgehead atoms. The second-order valence-electron chi connectivity index (χ2n) is 5.29. The van der Waals surface area contributed by atoms with Crippen LogP contribution in [0.15, 0.2) is 0 Å². The Kier molecular flexibility index (Phi) is 6.41. The van der Waals surface area contributed by atoms with Gasteiger partial charge >= 0.3 is 12.1 Å². The molecule has 0 aromatic rings. The van der Waals surface area contributed by atoms with Crippen LogP contribution >= 0.6 is 0 Å². The summed E-state index contributed by atoms with van der Waals surface area (Å²) in [5, 5.41) is 9.66. The number of hydrogen-bond donors (Lipinski definition) is 4. The van der Waals surface area contributed by atoms with Crippen molar-refractivity contribution >= 4 is 11.8 Å². The molecule has 0 spiro atoms.